The predicted octanol–water partition coefficient (Wildman–Crippen LogP) is -0.544. The molecule has 0 radical (unpaired) electrons. The quantitative estimate of drug-likeness (QED) is 0.401. The lowest BCUT2D eigenvalue weighted by atomic mass is 10.1. The van der Waals surface area contributed by atoms with Gasteiger partial charge in [-0.05, 0) is 12.8 Å². The van der Waals surface area contributed by atoms with Crippen molar-refractivity contribution in [2.75, 3.05) is 5.75 Å². The van der Waals surface area contributed by atoms with E-state index in [9.17, 15) is 13.2 Å². The van der Waals surface area contributed by atoms with E-state index >= 15 is 0 Å². The first kappa shape index (κ1) is 12.3. The average Bonchev–Trinajstić information content (AvgIpc) is 1.95. The van der Waals surface area contributed by atoms with Crippen LogP contribution in [0.25, 0.3) is 0 Å². The molecular weight excluding hydrogens is 198 g/mol. The number of hydrogen-bond donors (Lipinski definition) is 3. The van der Waals surface area contributed by atoms with Crippen LogP contribution in [0.4, 0.5) is 0 Å². The summed E-state index contributed by atoms with van der Waals surface area (Å²) in [5.41, 5.74) is 5.15. The van der Waals surface area contributed by atoms with Crippen LogP contribution in [0.15, 0.2) is 0 Å². The van der Waals surface area contributed by atoms with E-state index in [0.717, 1.165) is 0 Å². The second-order valence-electron chi connectivity index (χ2n) is 2.73. The van der Waals surface area contributed by atoms with Crippen LogP contribution in [0, 0.1) is 0 Å². The van der Waals surface area contributed by atoms with E-state index in [1.807, 2.05) is 0 Å². The van der Waals surface area contributed by atoms with Crippen molar-refractivity contribution in [3.63, 3.8) is 0 Å². The molecule has 7 heteroatoms. The number of rotatable bonds is 6. The molecule has 0 aromatic carbocycles. The lowest BCUT2D eigenvalue weighted by Crippen LogP contribution is -2.29. The summed E-state index contributed by atoms with van der Waals surface area (Å²) >= 11 is 0. The molecule has 0 saturated carbocycles. The van der Waals surface area contributed by atoms with Crippen LogP contribution >= 0.6 is 0 Å². The summed E-state index contributed by atoms with van der Waals surface area (Å²) in [6.45, 7) is 0. The predicted molar refractivity (Wildman–Crippen MR) is 45.9 cm³/mol. The zero-order valence-corrected chi connectivity index (χ0v) is 7.83. The second kappa shape index (κ2) is 5.15. The van der Waals surface area contributed by atoms with Gasteiger partial charge in [0.15, 0.2) is 0 Å². The molecule has 0 aromatic rings. The van der Waals surface area contributed by atoms with Gasteiger partial charge in [-0.3, -0.25) is 9.35 Å². The van der Waals surface area contributed by atoms with Crippen LogP contribution in [-0.4, -0.2) is 35.8 Å². The van der Waals surface area contributed by atoms with Crippen molar-refractivity contribution in [2.45, 2.75) is 25.3 Å². The van der Waals surface area contributed by atoms with E-state index in [0.29, 0.717) is 6.42 Å². The number of unbranched alkanes of at least 4 members (excludes halogenated alkanes) is 1. The number of aliphatic carboxylic acids is 1. The Bertz CT molecular complexity index is 260. The number of carboxylic acid groups (broad SMARTS) is 1. The van der Waals surface area contributed by atoms with Gasteiger partial charge in [0, 0.05) is 0 Å². The maximum absolute atomic E-state index is 10.2. The molecule has 1 atom stereocenters. The molecular formula is C6H13NO5S. The molecule has 0 heterocycles. The Labute approximate surface area is 76.5 Å². The molecule has 78 valence electrons. The number of hydrogen-bond acceptors (Lipinski definition) is 4. The highest BCUT2D eigenvalue weighted by molar-refractivity contribution is 7.85. The van der Waals surface area contributed by atoms with Gasteiger partial charge in [-0.25, -0.2) is 0 Å². The van der Waals surface area contributed by atoms with Gasteiger partial charge in [0.25, 0.3) is 10.1 Å². The van der Waals surface area contributed by atoms with Gasteiger partial charge in [0.2, 0.25) is 0 Å². The fourth-order valence-corrected chi connectivity index (χ4v) is 1.34. The summed E-state index contributed by atoms with van der Waals surface area (Å²) in [4.78, 5) is 10.2. The third-order valence-corrected chi connectivity index (χ3v) is 2.29. The molecule has 0 bridgehead atoms. The molecule has 13 heavy (non-hydrogen) atoms. The Balaban J connectivity index is 3.53. The molecule has 6 nitrogen and oxygen atoms in total. The molecule has 0 aliphatic heterocycles. The van der Waals surface area contributed by atoms with Gasteiger partial charge >= 0.3 is 5.97 Å². The lowest BCUT2D eigenvalue weighted by Gasteiger charge is -2.04. The maximum Gasteiger partial charge on any atom is 0.320 e. The SMILES string of the molecule is N[C@H](CCCCS(=O)(=O)O)C(=O)O. The molecule has 0 aliphatic carbocycles. The molecule has 0 aliphatic rings. The summed E-state index contributed by atoms with van der Waals surface area (Å²) in [6.07, 6.45) is 0.803. The third-order valence-electron chi connectivity index (χ3n) is 1.48. The van der Waals surface area contributed by atoms with E-state index in [1.54, 1.807) is 0 Å². The van der Waals surface area contributed by atoms with E-state index in [2.05, 4.69) is 0 Å². The smallest absolute Gasteiger partial charge is 0.320 e. The molecule has 0 spiro atoms. The van der Waals surface area contributed by atoms with Crippen molar-refractivity contribution in [3.05, 3.63) is 0 Å². The molecule has 0 unspecified atom stereocenters. The zero-order valence-electron chi connectivity index (χ0n) is 7.01. The van der Waals surface area contributed by atoms with E-state index in [-0.39, 0.29) is 18.6 Å². The van der Waals surface area contributed by atoms with Gasteiger partial charge in [-0.15, -0.1) is 0 Å². The molecule has 0 fully saturated rings. The monoisotopic (exact) mass is 211 g/mol. The Kier molecular flexibility index (Phi) is 4.89. The van der Waals surface area contributed by atoms with Gasteiger partial charge in [-0.2, -0.15) is 8.42 Å². The standard InChI is InChI=1S/C6H13NO5S/c7-5(6(8)9)3-1-2-4-13(10,11)12/h5H,1-4,7H2,(H,8,9)(H,10,11,12)/t5-/m1/s1. The van der Waals surface area contributed by atoms with E-state index < -0.39 is 22.1 Å². The van der Waals surface area contributed by atoms with Gasteiger partial charge < -0.3 is 10.8 Å². The Hall–Kier alpha value is -0.660. The van der Waals surface area contributed by atoms with Gasteiger partial charge in [-0.1, -0.05) is 6.42 Å². The minimum atomic E-state index is -3.93. The summed E-state index contributed by atoms with van der Waals surface area (Å²) in [7, 11) is -3.93. The number of carbonyl (C=O) groups is 1. The van der Waals surface area contributed by atoms with Crippen molar-refractivity contribution in [3.8, 4) is 0 Å². The largest absolute Gasteiger partial charge is 0.480 e. The first-order valence-corrected chi connectivity index (χ1v) is 5.37. The Morgan fingerprint density at radius 2 is 1.92 bits per heavy atom. The summed E-state index contributed by atoms with van der Waals surface area (Å²) < 4.78 is 28.8. The third kappa shape index (κ3) is 7.69. The van der Waals surface area contributed by atoms with E-state index in [4.69, 9.17) is 15.4 Å². The fraction of sp³-hybridized carbons (Fsp3) is 0.833. The Morgan fingerprint density at radius 3 is 2.31 bits per heavy atom. The van der Waals surface area contributed by atoms with Gasteiger partial charge in [0.05, 0.1) is 5.75 Å². The molecule has 0 aromatic heterocycles. The molecule has 0 rings (SSSR count). The van der Waals surface area contributed by atoms with Crippen LogP contribution in [0.2, 0.25) is 0 Å². The Morgan fingerprint density at radius 1 is 1.38 bits per heavy atom. The molecule has 0 amide bonds. The van der Waals surface area contributed by atoms with Crippen LogP contribution in [-0.2, 0) is 14.9 Å². The van der Waals surface area contributed by atoms with Crippen molar-refractivity contribution < 1.29 is 22.9 Å². The second-order valence-corrected chi connectivity index (χ2v) is 4.30. The first-order valence-electron chi connectivity index (χ1n) is 3.76. The van der Waals surface area contributed by atoms with E-state index in [1.165, 1.54) is 0 Å². The van der Waals surface area contributed by atoms with Crippen molar-refractivity contribution >= 4 is 16.1 Å². The minimum absolute atomic E-state index is 0.213. The lowest BCUT2D eigenvalue weighted by molar-refractivity contribution is -0.138. The van der Waals surface area contributed by atoms with Gasteiger partial charge in [0.1, 0.15) is 6.04 Å². The normalized spacial score (nSPS) is 14.0. The minimum Gasteiger partial charge on any atom is -0.480 e. The molecule has 0 saturated heterocycles. The van der Waals surface area contributed by atoms with Crippen LogP contribution in [0.1, 0.15) is 19.3 Å². The topological polar surface area (TPSA) is 118 Å². The van der Waals surface area contributed by atoms with Crippen LogP contribution < -0.4 is 5.73 Å². The average molecular weight is 211 g/mol. The number of nitrogens with two attached hydrogens (primary N) is 1. The first-order chi connectivity index (χ1) is 5.83. The summed E-state index contributed by atoms with van der Waals surface area (Å²) in [6, 6.07) is -0.957. The molecule has 4 N–H and O–H groups in total. The van der Waals surface area contributed by atoms with Crippen LogP contribution in [0.5, 0.6) is 0 Å². The highest BCUT2D eigenvalue weighted by Gasteiger charge is 2.11. The highest BCUT2D eigenvalue weighted by Crippen LogP contribution is 2.01. The highest BCUT2D eigenvalue weighted by atomic mass is 32.2. The maximum atomic E-state index is 10.2. The fourth-order valence-electron chi connectivity index (χ4n) is 0.772. The summed E-state index contributed by atoms with van der Waals surface area (Å²) in [5, 5.41) is 8.35. The summed E-state index contributed by atoms with van der Waals surface area (Å²) in [5.74, 6) is -1.45. The zero-order chi connectivity index (χ0) is 10.5. The van der Waals surface area contributed by atoms with Crippen molar-refractivity contribution in [2.24, 2.45) is 5.73 Å². The number of carboxylic acids is 1. The van der Waals surface area contributed by atoms with Crippen molar-refractivity contribution in [1.29, 1.82) is 0 Å². The van der Waals surface area contributed by atoms with Crippen molar-refractivity contribution in [1.82, 2.24) is 0 Å². The van der Waals surface area contributed by atoms with Crippen LogP contribution in [0.3, 0.4) is 0 Å².